The van der Waals surface area contributed by atoms with E-state index in [2.05, 4.69) is 19.8 Å². The van der Waals surface area contributed by atoms with Crippen molar-refractivity contribution in [1.29, 1.82) is 0 Å². The number of benzene rings is 1. The third kappa shape index (κ3) is 5.88. The number of nitrogens with zero attached hydrogens (tertiary/aromatic N) is 3. The lowest BCUT2D eigenvalue weighted by Crippen LogP contribution is -2.49. The molecule has 1 aromatic heterocycles. The van der Waals surface area contributed by atoms with Gasteiger partial charge >= 0.3 is 16.3 Å². The van der Waals surface area contributed by atoms with Gasteiger partial charge in [-0.15, -0.1) is 0 Å². The Hall–Kier alpha value is -2.86. The summed E-state index contributed by atoms with van der Waals surface area (Å²) >= 11 is 0. The highest BCUT2D eigenvalue weighted by Gasteiger charge is 2.29. The van der Waals surface area contributed by atoms with E-state index in [9.17, 15) is 13.2 Å². The Labute approximate surface area is 187 Å². The Bertz CT molecular complexity index is 1080. The SMILES string of the molecule is COc1cc2nncc(N3CC(CCNS(=O)(=O)NC(=O)OC(C)(C)C)C3)c2cc1OC. The molecule has 0 bridgehead atoms. The maximum Gasteiger partial charge on any atom is 0.422 e. The van der Waals surface area contributed by atoms with Gasteiger partial charge in [-0.2, -0.15) is 23.3 Å². The van der Waals surface area contributed by atoms with Crippen LogP contribution in [0.5, 0.6) is 11.5 Å². The topological polar surface area (TPSA) is 132 Å². The van der Waals surface area contributed by atoms with Crippen LogP contribution in [0.25, 0.3) is 10.9 Å². The number of nitrogens with one attached hydrogen (secondary N) is 2. The molecule has 3 rings (SSSR count). The van der Waals surface area contributed by atoms with Gasteiger partial charge in [0.05, 0.1) is 31.6 Å². The number of aromatic nitrogens is 2. The molecular weight excluding hydrogens is 438 g/mol. The molecule has 0 saturated carbocycles. The molecule has 2 heterocycles. The monoisotopic (exact) mass is 467 g/mol. The molecule has 0 radical (unpaired) electrons. The van der Waals surface area contributed by atoms with Crippen LogP contribution in [-0.4, -0.2) is 64.2 Å². The quantitative estimate of drug-likeness (QED) is 0.597. The fraction of sp³-hybridized carbons (Fsp3) is 0.550. The lowest BCUT2D eigenvalue weighted by Gasteiger charge is -2.41. The maximum absolute atomic E-state index is 12.0. The molecule has 32 heavy (non-hydrogen) atoms. The minimum Gasteiger partial charge on any atom is -0.493 e. The summed E-state index contributed by atoms with van der Waals surface area (Å²) in [5.41, 5.74) is 0.847. The molecular formula is C20H29N5O6S. The Morgan fingerprint density at radius 1 is 1.19 bits per heavy atom. The van der Waals surface area contributed by atoms with E-state index >= 15 is 0 Å². The van der Waals surface area contributed by atoms with Crippen molar-refractivity contribution in [3.63, 3.8) is 0 Å². The van der Waals surface area contributed by atoms with Crippen molar-refractivity contribution in [2.75, 3.05) is 38.8 Å². The van der Waals surface area contributed by atoms with E-state index in [1.165, 1.54) is 0 Å². The normalized spacial score (nSPS) is 14.7. The smallest absolute Gasteiger partial charge is 0.422 e. The molecule has 2 aromatic rings. The van der Waals surface area contributed by atoms with Gasteiger partial charge in [0.25, 0.3) is 0 Å². The predicted molar refractivity (Wildman–Crippen MR) is 119 cm³/mol. The molecule has 1 amide bonds. The number of hydrogen-bond donors (Lipinski definition) is 2. The molecule has 0 spiro atoms. The van der Waals surface area contributed by atoms with Crippen LogP contribution in [-0.2, 0) is 14.9 Å². The molecule has 0 aliphatic carbocycles. The van der Waals surface area contributed by atoms with Crippen LogP contribution in [0, 0.1) is 5.92 Å². The molecule has 0 unspecified atom stereocenters. The summed E-state index contributed by atoms with van der Waals surface area (Å²) in [6.45, 7) is 6.67. The lowest BCUT2D eigenvalue weighted by atomic mass is 9.95. The van der Waals surface area contributed by atoms with Crippen LogP contribution >= 0.6 is 0 Å². The van der Waals surface area contributed by atoms with Crippen molar-refractivity contribution in [3.8, 4) is 11.5 Å². The highest BCUT2D eigenvalue weighted by atomic mass is 32.2. The number of rotatable bonds is 8. The summed E-state index contributed by atoms with van der Waals surface area (Å²) in [4.78, 5) is 13.8. The summed E-state index contributed by atoms with van der Waals surface area (Å²) in [6.07, 6.45) is 1.32. The fourth-order valence-electron chi connectivity index (χ4n) is 3.41. The van der Waals surface area contributed by atoms with Gasteiger partial charge in [-0.1, -0.05) is 0 Å². The highest BCUT2D eigenvalue weighted by molar-refractivity contribution is 7.88. The fourth-order valence-corrected chi connectivity index (χ4v) is 4.13. The minimum atomic E-state index is -3.97. The second-order valence-electron chi connectivity index (χ2n) is 8.52. The van der Waals surface area contributed by atoms with Crippen molar-refractivity contribution in [3.05, 3.63) is 18.3 Å². The maximum atomic E-state index is 12.0. The number of ether oxygens (including phenoxy) is 3. The average Bonchev–Trinajstić information content (AvgIpc) is 2.66. The molecule has 0 atom stereocenters. The number of carbonyl (C=O) groups is 1. The van der Waals surface area contributed by atoms with E-state index in [1.54, 1.807) is 47.3 Å². The second-order valence-corrected chi connectivity index (χ2v) is 10.0. The predicted octanol–water partition coefficient (Wildman–Crippen LogP) is 1.83. The Balaban J connectivity index is 1.53. The van der Waals surface area contributed by atoms with Gasteiger partial charge < -0.3 is 19.1 Å². The van der Waals surface area contributed by atoms with Crippen molar-refractivity contribution >= 4 is 32.9 Å². The molecule has 12 heteroatoms. The van der Waals surface area contributed by atoms with Crippen LogP contribution in [0.4, 0.5) is 10.5 Å². The van der Waals surface area contributed by atoms with E-state index < -0.39 is 21.9 Å². The summed E-state index contributed by atoms with van der Waals surface area (Å²) in [6, 6.07) is 3.66. The Morgan fingerprint density at radius 3 is 2.47 bits per heavy atom. The number of amides is 1. The van der Waals surface area contributed by atoms with E-state index in [-0.39, 0.29) is 6.54 Å². The number of hydrogen-bond acceptors (Lipinski definition) is 9. The molecule has 1 aliphatic rings. The molecule has 1 aromatic carbocycles. The van der Waals surface area contributed by atoms with Crippen molar-refractivity contribution in [1.82, 2.24) is 19.6 Å². The zero-order valence-corrected chi connectivity index (χ0v) is 19.7. The van der Waals surface area contributed by atoms with Crippen LogP contribution < -0.4 is 23.8 Å². The van der Waals surface area contributed by atoms with Gasteiger partial charge in [-0.25, -0.2) is 9.52 Å². The number of methoxy groups -OCH3 is 2. The number of carbonyl (C=O) groups excluding carboxylic acids is 1. The number of fused-ring (bicyclic) bond motifs is 1. The van der Waals surface area contributed by atoms with Crippen molar-refractivity contribution in [2.45, 2.75) is 32.8 Å². The average molecular weight is 468 g/mol. The van der Waals surface area contributed by atoms with Crippen LogP contribution in [0.3, 0.4) is 0 Å². The third-order valence-electron chi connectivity index (χ3n) is 4.88. The first-order valence-corrected chi connectivity index (χ1v) is 11.6. The van der Waals surface area contributed by atoms with Gasteiger partial charge in [-0.05, 0) is 39.2 Å². The van der Waals surface area contributed by atoms with Crippen molar-refractivity contribution < 1.29 is 27.4 Å². The van der Waals surface area contributed by atoms with Gasteiger partial charge in [0.1, 0.15) is 5.60 Å². The van der Waals surface area contributed by atoms with E-state index in [1.807, 2.05) is 10.8 Å². The zero-order chi connectivity index (χ0) is 23.5. The highest BCUT2D eigenvalue weighted by Crippen LogP contribution is 2.37. The lowest BCUT2D eigenvalue weighted by molar-refractivity contribution is 0.0569. The summed E-state index contributed by atoms with van der Waals surface area (Å²) < 4.78 is 43.9. The first-order chi connectivity index (χ1) is 15.0. The Morgan fingerprint density at radius 2 is 1.84 bits per heavy atom. The molecule has 1 aliphatic heterocycles. The summed E-state index contributed by atoms with van der Waals surface area (Å²) in [5.74, 6) is 1.49. The number of anilines is 1. The van der Waals surface area contributed by atoms with Crippen LogP contribution in [0.1, 0.15) is 27.2 Å². The zero-order valence-electron chi connectivity index (χ0n) is 18.8. The standard InChI is InChI=1S/C20H29N5O6S/c1-20(2,3)31-19(26)24-32(27,28)22-7-6-13-11-25(12-13)16-10-21-23-15-9-18(30-5)17(29-4)8-14(15)16/h8-10,13,22H,6-7,11-12H2,1-5H3,(H,24,26). The first-order valence-electron chi connectivity index (χ1n) is 10.1. The van der Waals surface area contributed by atoms with E-state index in [4.69, 9.17) is 14.2 Å². The summed E-state index contributed by atoms with van der Waals surface area (Å²) in [7, 11) is -0.827. The molecule has 176 valence electrons. The molecule has 1 fully saturated rings. The second kappa shape index (κ2) is 9.33. The van der Waals surface area contributed by atoms with E-state index in [0.29, 0.717) is 29.4 Å². The molecule has 11 nitrogen and oxygen atoms in total. The van der Waals surface area contributed by atoms with Gasteiger partial charge in [-0.3, -0.25) is 0 Å². The van der Waals surface area contributed by atoms with E-state index in [0.717, 1.165) is 24.2 Å². The van der Waals surface area contributed by atoms with Crippen LogP contribution in [0.15, 0.2) is 18.3 Å². The van der Waals surface area contributed by atoms with Gasteiger partial charge in [0.15, 0.2) is 11.5 Å². The molecule has 1 saturated heterocycles. The van der Waals surface area contributed by atoms with Gasteiger partial charge in [0, 0.05) is 31.1 Å². The van der Waals surface area contributed by atoms with Gasteiger partial charge in [0.2, 0.25) is 0 Å². The van der Waals surface area contributed by atoms with Crippen LogP contribution in [0.2, 0.25) is 0 Å². The summed E-state index contributed by atoms with van der Waals surface area (Å²) in [5, 5.41) is 9.16. The largest absolute Gasteiger partial charge is 0.493 e. The van der Waals surface area contributed by atoms with Crippen molar-refractivity contribution in [2.24, 2.45) is 5.92 Å². The first kappa shape index (κ1) is 23.8. The third-order valence-corrected chi connectivity index (χ3v) is 5.90. The Kier molecular flexibility index (Phi) is 6.94. The minimum absolute atomic E-state index is 0.205. The molecule has 2 N–H and O–H groups in total.